The average molecular weight is 219 g/mol. The number of nitrogens with zero attached hydrogens (tertiary/aromatic N) is 2. The Morgan fingerprint density at radius 3 is 2.62 bits per heavy atom. The predicted molar refractivity (Wildman–Crippen MR) is 68.5 cm³/mol. The van der Waals surface area contributed by atoms with Crippen LogP contribution in [0.3, 0.4) is 0 Å². The Morgan fingerprint density at radius 2 is 2.06 bits per heavy atom. The minimum atomic E-state index is 0.525. The first-order chi connectivity index (χ1) is 7.63. The van der Waals surface area contributed by atoms with Gasteiger partial charge in [-0.25, -0.2) is 4.98 Å². The molecule has 3 heteroatoms. The molecular weight excluding hydrogens is 198 g/mol. The van der Waals surface area contributed by atoms with Crippen LogP contribution >= 0.6 is 0 Å². The summed E-state index contributed by atoms with van der Waals surface area (Å²) in [7, 11) is 0. The SMILES string of the molecule is CCC1(C)CCN(c2cccc(N)n2)CC1. The lowest BCUT2D eigenvalue weighted by Gasteiger charge is -2.39. The van der Waals surface area contributed by atoms with E-state index < -0.39 is 0 Å². The van der Waals surface area contributed by atoms with Crippen LogP contribution in [0.25, 0.3) is 0 Å². The van der Waals surface area contributed by atoms with Crippen molar-refractivity contribution in [3.05, 3.63) is 18.2 Å². The van der Waals surface area contributed by atoms with Crippen LogP contribution in [-0.2, 0) is 0 Å². The van der Waals surface area contributed by atoms with Crippen molar-refractivity contribution in [1.82, 2.24) is 4.98 Å². The molecule has 0 unspecified atom stereocenters. The van der Waals surface area contributed by atoms with Crippen molar-refractivity contribution in [1.29, 1.82) is 0 Å². The van der Waals surface area contributed by atoms with Gasteiger partial charge in [0.2, 0.25) is 0 Å². The number of anilines is 2. The number of hydrogen-bond acceptors (Lipinski definition) is 3. The molecule has 16 heavy (non-hydrogen) atoms. The Morgan fingerprint density at radius 1 is 1.38 bits per heavy atom. The first-order valence-corrected chi connectivity index (χ1v) is 6.10. The van der Waals surface area contributed by atoms with Crippen LogP contribution in [0, 0.1) is 5.41 Å². The summed E-state index contributed by atoms with van der Waals surface area (Å²) in [5.74, 6) is 1.64. The molecule has 1 aromatic rings. The van der Waals surface area contributed by atoms with Gasteiger partial charge in [-0.2, -0.15) is 0 Å². The van der Waals surface area contributed by atoms with Crippen LogP contribution in [0.4, 0.5) is 11.6 Å². The Balaban J connectivity index is 2.04. The molecule has 2 N–H and O–H groups in total. The van der Waals surface area contributed by atoms with Crippen molar-refractivity contribution < 1.29 is 0 Å². The topological polar surface area (TPSA) is 42.1 Å². The third kappa shape index (κ3) is 2.29. The van der Waals surface area contributed by atoms with Gasteiger partial charge in [-0.3, -0.25) is 0 Å². The van der Waals surface area contributed by atoms with E-state index in [0.29, 0.717) is 11.2 Å². The van der Waals surface area contributed by atoms with E-state index in [9.17, 15) is 0 Å². The summed E-state index contributed by atoms with van der Waals surface area (Å²) in [6.07, 6.45) is 3.77. The summed E-state index contributed by atoms with van der Waals surface area (Å²) < 4.78 is 0. The van der Waals surface area contributed by atoms with Gasteiger partial charge in [0.25, 0.3) is 0 Å². The lowest BCUT2D eigenvalue weighted by atomic mass is 9.78. The van der Waals surface area contributed by atoms with Crippen molar-refractivity contribution in [2.24, 2.45) is 5.41 Å². The van der Waals surface area contributed by atoms with Crippen molar-refractivity contribution in [2.45, 2.75) is 33.1 Å². The van der Waals surface area contributed by atoms with E-state index in [1.165, 1.54) is 19.3 Å². The molecule has 1 fully saturated rings. The summed E-state index contributed by atoms with van der Waals surface area (Å²) in [6, 6.07) is 5.86. The van der Waals surface area contributed by atoms with E-state index in [-0.39, 0.29) is 0 Å². The lowest BCUT2D eigenvalue weighted by molar-refractivity contribution is 0.238. The Bertz CT molecular complexity index is 354. The highest BCUT2D eigenvalue weighted by Crippen LogP contribution is 2.35. The number of pyridine rings is 1. The molecule has 0 atom stereocenters. The molecule has 1 aliphatic heterocycles. The average Bonchev–Trinajstić information content (AvgIpc) is 2.30. The minimum Gasteiger partial charge on any atom is -0.384 e. The second-order valence-electron chi connectivity index (χ2n) is 5.07. The molecule has 0 amide bonds. The maximum absolute atomic E-state index is 5.71. The van der Waals surface area contributed by atoms with Crippen LogP contribution in [0.15, 0.2) is 18.2 Å². The summed E-state index contributed by atoms with van der Waals surface area (Å²) in [6.45, 7) is 6.87. The van der Waals surface area contributed by atoms with Gasteiger partial charge in [0.1, 0.15) is 11.6 Å². The minimum absolute atomic E-state index is 0.525. The van der Waals surface area contributed by atoms with E-state index in [1.807, 2.05) is 18.2 Å². The van der Waals surface area contributed by atoms with E-state index in [2.05, 4.69) is 23.7 Å². The van der Waals surface area contributed by atoms with Gasteiger partial charge in [0.15, 0.2) is 0 Å². The van der Waals surface area contributed by atoms with E-state index >= 15 is 0 Å². The van der Waals surface area contributed by atoms with Gasteiger partial charge >= 0.3 is 0 Å². The van der Waals surface area contributed by atoms with Crippen LogP contribution < -0.4 is 10.6 Å². The molecule has 0 spiro atoms. The van der Waals surface area contributed by atoms with Crippen LogP contribution in [0.5, 0.6) is 0 Å². The quantitative estimate of drug-likeness (QED) is 0.831. The number of nitrogen functional groups attached to an aromatic ring is 1. The van der Waals surface area contributed by atoms with Crippen LogP contribution in [0.2, 0.25) is 0 Å². The molecule has 0 radical (unpaired) electrons. The molecule has 1 saturated heterocycles. The molecule has 0 saturated carbocycles. The fraction of sp³-hybridized carbons (Fsp3) is 0.615. The molecular formula is C13H21N3. The number of nitrogens with two attached hydrogens (primary N) is 1. The Kier molecular flexibility index (Phi) is 3.03. The molecule has 2 rings (SSSR count). The smallest absolute Gasteiger partial charge is 0.130 e. The number of hydrogen-bond donors (Lipinski definition) is 1. The molecule has 0 aliphatic carbocycles. The van der Waals surface area contributed by atoms with Gasteiger partial charge < -0.3 is 10.6 Å². The predicted octanol–water partition coefficient (Wildman–Crippen LogP) is 2.68. The fourth-order valence-electron chi connectivity index (χ4n) is 2.24. The van der Waals surface area contributed by atoms with E-state index in [1.54, 1.807) is 0 Å². The normalized spacial score (nSPS) is 19.8. The first-order valence-electron chi connectivity index (χ1n) is 6.10. The van der Waals surface area contributed by atoms with Gasteiger partial charge in [0, 0.05) is 13.1 Å². The van der Waals surface area contributed by atoms with Gasteiger partial charge in [-0.1, -0.05) is 26.3 Å². The maximum atomic E-state index is 5.71. The molecule has 1 aliphatic rings. The highest BCUT2D eigenvalue weighted by Gasteiger charge is 2.28. The monoisotopic (exact) mass is 219 g/mol. The summed E-state index contributed by atoms with van der Waals surface area (Å²) >= 11 is 0. The van der Waals surface area contributed by atoms with Gasteiger partial charge in [-0.05, 0) is 30.4 Å². The van der Waals surface area contributed by atoms with Crippen molar-refractivity contribution in [3.8, 4) is 0 Å². The molecule has 2 heterocycles. The first kappa shape index (κ1) is 11.2. The highest BCUT2D eigenvalue weighted by molar-refractivity contribution is 5.45. The van der Waals surface area contributed by atoms with Crippen LogP contribution in [-0.4, -0.2) is 18.1 Å². The zero-order valence-electron chi connectivity index (χ0n) is 10.2. The summed E-state index contributed by atoms with van der Waals surface area (Å²) in [5.41, 5.74) is 6.23. The van der Waals surface area contributed by atoms with Crippen LogP contribution in [0.1, 0.15) is 33.1 Å². The molecule has 0 aromatic carbocycles. The second kappa shape index (κ2) is 4.32. The van der Waals surface area contributed by atoms with Crippen molar-refractivity contribution in [3.63, 3.8) is 0 Å². The summed E-state index contributed by atoms with van der Waals surface area (Å²) in [4.78, 5) is 6.72. The second-order valence-corrected chi connectivity index (χ2v) is 5.07. The third-order valence-electron chi connectivity index (χ3n) is 3.90. The Labute approximate surface area is 97.7 Å². The zero-order chi connectivity index (χ0) is 11.6. The van der Waals surface area contributed by atoms with E-state index in [0.717, 1.165) is 18.9 Å². The molecule has 1 aromatic heterocycles. The Hall–Kier alpha value is -1.25. The zero-order valence-corrected chi connectivity index (χ0v) is 10.2. The highest BCUT2D eigenvalue weighted by atomic mass is 15.2. The fourth-order valence-corrected chi connectivity index (χ4v) is 2.24. The van der Waals surface area contributed by atoms with E-state index in [4.69, 9.17) is 5.73 Å². The van der Waals surface area contributed by atoms with Gasteiger partial charge in [0.05, 0.1) is 0 Å². The molecule has 88 valence electrons. The third-order valence-corrected chi connectivity index (χ3v) is 3.90. The number of piperidine rings is 1. The number of rotatable bonds is 2. The molecule has 3 nitrogen and oxygen atoms in total. The van der Waals surface area contributed by atoms with Gasteiger partial charge in [-0.15, -0.1) is 0 Å². The van der Waals surface area contributed by atoms with Crippen molar-refractivity contribution >= 4 is 11.6 Å². The standard InChI is InChI=1S/C13H21N3/c1-3-13(2)7-9-16(10-8-13)12-6-4-5-11(14)15-12/h4-6H,3,7-10H2,1-2H3,(H2,14,15). The van der Waals surface area contributed by atoms with Crippen molar-refractivity contribution in [2.75, 3.05) is 23.7 Å². The summed E-state index contributed by atoms with van der Waals surface area (Å²) in [5, 5.41) is 0. The lowest BCUT2D eigenvalue weighted by Crippen LogP contribution is -2.38. The largest absolute Gasteiger partial charge is 0.384 e. The number of aromatic nitrogens is 1. The maximum Gasteiger partial charge on any atom is 0.130 e. The molecule has 0 bridgehead atoms.